The van der Waals surface area contributed by atoms with Gasteiger partial charge in [-0.1, -0.05) is 51.0 Å². The van der Waals surface area contributed by atoms with E-state index < -0.39 is 43.0 Å². The molecule has 3 unspecified atom stereocenters. The first-order valence-electron chi connectivity index (χ1n) is 13.0. The van der Waals surface area contributed by atoms with E-state index in [4.69, 9.17) is 0 Å². The topological polar surface area (TPSA) is 159 Å². The molecule has 1 saturated carbocycles. The molecule has 1 aliphatic carbocycles. The van der Waals surface area contributed by atoms with E-state index in [0.717, 1.165) is 18.4 Å². The molecule has 0 saturated heterocycles. The largest absolute Gasteiger partial charge is 0.480 e. The summed E-state index contributed by atoms with van der Waals surface area (Å²) in [5, 5.41) is 38.0. The highest BCUT2D eigenvalue weighted by atomic mass is 16.4. The predicted octanol–water partition coefficient (Wildman–Crippen LogP) is 1.91. The molecule has 1 aliphatic rings. The molecule has 4 N–H and O–H groups in total. The maximum absolute atomic E-state index is 11.9. The molecule has 0 aromatic heterocycles. The van der Waals surface area contributed by atoms with Crippen molar-refractivity contribution in [2.75, 3.05) is 39.8 Å². The molecule has 1 aromatic rings. The van der Waals surface area contributed by atoms with Crippen molar-refractivity contribution in [1.82, 2.24) is 14.7 Å². The van der Waals surface area contributed by atoms with Gasteiger partial charge in [0.05, 0.1) is 26.2 Å². The van der Waals surface area contributed by atoms with Gasteiger partial charge in [-0.25, -0.2) is 0 Å². The number of benzene rings is 1. The molecular formula is C27H41N3O8. The van der Waals surface area contributed by atoms with Gasteiger partial charge in [0.1, 0.15) is 0 Å². The van der Waals surface area contributed by atoms with Crippen molar-refractivity contribution < 1.29 is 39.6 Å². The van der Waals surface area contributed by atoms with Gasteiger partial charge in [0, 0.05) is 24.7 Å². The van der Waals surface area contributed by atoms with E-state index in [9.17, 15) is 39.6 Å². The number of nitrogens with zero attached hydrogens (tertiary/aromatic N) is 3. The van der Waals surface area contributed by atoms with Crippen LogP contribution in [0.15, 0.2) is 24.3 Å². The zero-order valence-electron chi connectivity index (χ0n) is 22.5. The molecule has 0 spiro atoms. The lowest BCUT2D eigenvalue weighted by Crippen LogP contribution is -2.59. The van der Waals surface area contributed by atoms with Crippen LogP contribution >= 0.6 is 0 Å². The molecule has 0 amide bonds. The Balaban J connectivity index is 2.38. The standard InChI is InChI=1S/C27H41N3O8/c1-18(2)20-10-8-19(9-11-20)12-21(28(3)14-24(31)32)13-29(15-25(33)34)22-6-4-5-7-23(22)30(16-26(35)36)17-27(37)38/h8-11,18,21-23H,4-7,12-17H2,1-3H3,(H,31,32)(H,33,34)(H,35,36)(H,37,38). The van der Waals surface area contributed by atoms with Crippen LogP contribution in [0.5, 0.6) is 0 Å². The summed E-state index contributed by atoms with van der Waals surface area (Å²) in [5.74, 6) is -3.99. The lowest BCUT2D eigenvalue weighted by Gasteiger charge is -2.45. The minimum atomic E-state index is -1.15. The molecule has 11 nitrogen and oxygen atoms in total. The van der Waals surface area contributed by atoms with Gasteiger partial charge in [-0.05, 0) is 43.4 Å². The van der Waals surface area contributed by atoms with E-state index in [0.29, 0.717) is 25.2 Å². The Morgan fingerprint density at radius 2 is 1.21 bits per heavy atom. The minimum absolute atomic E-state index is 0.228. The molecule has 0 radical (unpaired) electrons. The van der Waals surface area contributed by atoms with Crippen molar-refractivity contribution in [2.45, 2.75) is 70.0 Å². The van der Waals surface area contributed by atoms with Crippen molar-refractivity contribution in [3.05, 3.63) is 35.4 Å². The average molecular weight is 536 g/mol. The second-order valence-electron chi connectivity index (χ2n) is 10.5. The van der Waals surface area contributed by atoms with Crippen LogP contribution in [0.4, 0.5) is 0 Å². The van der Waals surface area contributed by atoms with E-state index in [1.807, 2.05) is 24.3 Å². The number of rotatable bonds is 16. The molecular weight excluding hydrogens is 494 g/mol. The minimum Gasteiger partial charge on any atom is -0.480 e. The van der Waals surface area contributed by atoms with Crippen LogP contribution < -0.4 is 0 Å². The summed E-state index contributed by atoms with van der Waals surface area (Å²) in [6, 6.07) is 6.90. The third-order valence-electron chi connectivity index (χ3n) is 7.22. The molecule has 1 fully saturated rings. The Bertz CT molecular complexity index is 936. The number of carbonyl (C=O) groups is 4. The first-order chi connectivity index (χ1) is 17.9. The van der Waals surface area contributed by atoms with Crippen LogP contribution in [0, 0.1) is 0 Å². The van der Waals surface area contributed by atoms with Crippen molar-refractivity contribution in [1.29, 1.82) is 0 Å². The van der Waals surface area contributed by atoms with E-state index in [1.54, 1.807) is 16.8 Å². The Kier molecular flexibility index (Phi) is 12.1. The third-order valence-corrected chi connectivity index (χ3v) is 7.22. The molecule has 38 heavy (non-hydrogen) atoms. The van der Waals surface area contributed by atoms with Gasteiger partial charge in [-0.15, -0.1) is 0 Å². The van der Waals surface area contributed by atoms with Gasteiger partial charge >= 0.3 is 23.9 Å². The number of carboxylic acid groups (broad SMARTS) is 4. The van der Waals surface area contributed by atoms with Crippen LogP contribution in [0.25, 0.3) is 0 Å². The number of hydrogen-bond acceptors (Lipinski definition) is 7. The maximum Gasteiger partial charge on any atom is 0.317 e. The Morgan fingerprint density at radius 3 is 1.66 bits per heavy atom. The lowest BCUT2D eigenvalue weighted by molar-refractivity contribution is -0.146. The number of carboxylic acids is 4. The number of likely N-dealkylation sites (N-methyl/N-ethyl adjacent to an activating group) is 1. The molecule has 1 aromatic carbocycles. The molecule has 11 heteroatoms. The molecule has 212 valence electrons. The summed E-state index contributed by atoms with van der Waals surface area (Å²) in [7, 11) is 1.69. The summed E-state index contributed by atoms with van der Waals surface area (Å²) in [5.41, 5.74) is 2.17. The molecule has 2 rings (SSSR count). The van der Waals surface area contributed by atoms with Crippen molar-refractivity contribution >= 4 is 23.9 Å². The smallest absolute Gasteiger partial charge is 0.317 e. The van der Waals surface area contributed by atoms with Gasteiger partial charge in [0.2, 0.25) is 0 Å². The van der Waals surface area contributed by atoms with Crippen LogP contribution in [0.2, 0.25) is 0 Å². The fraction of sp³-hybridized carbons (Fsp3) is 0.630. The Labute approximate surface area is 223 Å². The predicted molar refractivity (Wildman–Crippen MR) is 140 cm³/mol. The second kappa shape index (κ2) is 14.8. The van der Waals surface area contributed by atoms with Crippen LogP contribution in [0.1, 0.15) is 56.6 Å². The van der Waals surface area contributed by atoms with E-state index in [-0.39, 0.29) is 31.7 Å². The van der Waals surface area contributed by atoms with Crippen molar-refractivity contribution in [3.8, 4) is 0 Å². The normalized spacial score (nSPS) is 18.7. The van der Waals surface area contributed by atoms with Crippen molar-refractivity contribution in [2.24, 2.45) is 0 Å². The summed E-state index contributed by atoms with van der Waals surface area (Å²) in [4.78, 5) is 51.4. The summed E-state index contributed by atoms with van der Waals surface area (Å²) in [6.07, 6.45) is 3.21. The quantitative estimate of drug-likeness (QED) is 0.245. The highest BCUT2D eigenvalue weighted by Crippen LogP contribution is 2.28. The van der Waals surface area contributed by atoms with E-state index in [2.05, 4.69) is 13.8 Å². The van der Waals surface area contributed by atoms with Crippen LogP contribution in [0.3, 0.4) is 0 Å². The van der Waals surface area contributed by atoms with Gasteiger partial charge in [-0.3, -0.25) is 33.9 Å². The molecule has 0 aliphatic heterocycles. The Hall–Kier alpha value is -3.02. The molecule has 3 atom stereocenters. The van der Waals surface area contributed by atoms with Crippen LogP contribution in [-0.2, 0) is 25.6 Å². The van der Waals surface area contributed by atoms with Crippen molar-refractivity contribution in [3.63, 3.8) is 0 Å². The van der Waals surface area contributed by atoms with Gasteiger partial charge in [-0.2, -0.15) is 0 Å². The third kappa shape index (κ3) is 10.0. The zero-order valence-corrected chi connectivity index (χ0v) is 22.5. The summed E-state index contributed by atoms with van der Waals surface area (Å²) >= 11 is 0. The number of aliphatic carboxylic acids is 4. The van der Waals surface area contributed by atoms with Gasteiger partial charge in [0.15, 0.2) is 0 Å². The van der Waals surface area contributed by atoms with Gasteiger partial charge < -0.3 is 20.4 Å². The summed E-state index contributed by atoms with van der Waals surface area (Å²) < 4.78 is 0. The maximum atomic E-state index is 11.9. The fourth-order valence-electron chi connectivity index (χ4n) is 5.36. The number of hydrogen-bond donors (Lipinski definition) is 4. The monoisotopic (exact) mass is 535 g/mol. The zero-order chi connectivity index (χ0) is 28.4. The molecule has 0 heterocycles. The average Bonchev–Trinajstić information content (AvgIpc) is 2.81. The SMILES string of the molecule is CC(C)c1ccc(CC(CN(CC(=O)O)C2CCCCC2N(CC(=O)O)CC(=O)O)N(C)CC(=O)O)cc1. The van der Waals surface area contributed by atoms with Crippen LogP contribution in [-0.4, -0.2) is 117 Å². The van der Waals surface area contributed by atoms with E-state index in [1.165, 1.54) is 10.5 Å². The second-order valence-corrected chi connectivity index (χ2v) is 10.5. The molecule has 0 bridgehead atoms. The Morgan fingerprint density at radius 1 is 0.763 bits per heavy atom. The summed E-state index contributed by atoms with van der Waals surface area (Å²) in [6.45, 7) is 2.96. The fourth-order valence-corrected chi connectivity index (χ4v) is 5.36. The van der Waals surface area contributed by atoms with E-state index >= 15 is 0 Å². The first kappa shape index (κ1) is 31.2. The van der Waals surface area contributed by atoms with Gasteiger partial charge in [0.25, 0.3) is 0 Å². The lowest BCUT2D eigenvalue weighted by atomic mass is 9.87. The highest BCUT2D eigenvalue weighted by Gasteiger charge is 2.37. The first-order valence-corrected chi connectivity index (χ1v) is 13.0. The highest BCUT2D eigenvalue weighted by molar-refractivity contribution is 5.73.